The fourth-order valence-electron chi connectivity index (χ4n) is 1.95. The summed E-state index contributed by atoms with van der Waals surface area (Å²) < 4.78 is 0. The van der Waals surface area contributed by atoms with Crippen molar-refractivity contribution in [2.75, 3.05) is 0 Å². The van der Waals surface area contributed by atoms with Gasteiger partial charge in [0.1, 0.15) is 0 Å². The lowest BCUT2D eigenvalue weighted by Gasteiger charge is -2.19. The van der Waals surface area contributed by atoms with Gasteiger partial charge < -0.3 is 0 Å². The summed E-state index contributed by atoms with van der Waals surface area (Å²) in [7, 11) is 0. The zero-order chi connectivity index (χ0) is 12.0. The minimum Gasteiger partial charge on any atom is -0.0988 e. The maximum Gasteiger partial charge on any atom is -0.00203 e. The topological polar surface area (TPSA) is 0 Å². The van der Waals surface area contributed by atoms with E-state index in [1.165, 1.54) is 22.3 Å². The molecule has 84 valence electrons. The van der Waals surface area contributed by atoms with Crippen LogP contribution >= 0.6 is 0 Å². The van der Waals surface area contributed by atoms with Crippen LogP contribution in [0, 0.1) is 0 Å². The Balaban J connectivity index is 0.000000606. The lowest BCUT2D eigenvalue weighted by Crippen LogP contribution is -2.06. The van der Waals surface area contributed by atoms with E-state index in [1.54, 1.807) is 0 Å². The lowest BCUT2D eigenvalue weighted by atomic mass is 9.86. The summed E-state index contributed by atoms with van der Waals surface area (Å²) in [6.07, 6.45) is 5.90. The van der Waals surface area contributed by atoms with Crippen LogP contribution in [0.5, 0.6) is 0 Å². The standard InChI is InChI=1S/C14H14.C2H6/c1-3-11-9-13-7-5-6-8-14(13)10-12(11)4-2;1-2/h3-8H,1-2,9-10H2;1-2H3. The predicted octanol–water partition coefficient (Wildman–Crippen LogP) is 4.48. The number of allylic oxidation sites excluding steroid dienone is 4. The van der Waals surface area contributed by atoms with E-state index in [9.17, 15) is 0 Å². The second kappa shape index (κ2) is 6.12. The van der Waals surface area contributed by atoms with Crippen molar-refractivity contribution >= 4 is 0 Å². The summed E-state index contributed by atoms with van der Waals surface area (Å²) in [6.45, 7) is 11.7. The zero-order valence-corrected chi connectivity index (χ0v) is 10.3. The molecule has 0 amide bonds. The van der Waals surface area contributed by atoms with E-state index in [0.29, 0.717) is 0 Å². The van der Waals surface area contributed by atoms with E-state index in [1.807, 2.05) is 26.0 Å². The van der Waals surface area contributed by atoms with Gasteiger partial charge >= 0.3 is 0 Å². The largest absolute Gasteiger partial charge is 0.0988 e. The van der Waals surface area contributed by atoms with E-state index >= 15 is 0 Å². The van der Waals surface area contributed by atoms with Crippen molar-refractivity contribution in [2.45, 2.75) is 26.7 Å². The molecule has 0 N–H and O–H groups in total. The van der Waals surface area contributed by atoms with Gasteiger partial charge in [-0.2, -0.15) is 0 Å². The van der Waals surface area contributed by atoms with Crippen molar-refractivity contribution in [3.05, 3.63) is 71.8 Å². The number of fused-ring (bicyclic) bond motifs is 1. The molecular formula is C16H20. The molecule has 0 spiro atoms. The molecule has 0 aromatic heterocycles. The normalized spacial score (nSPS) is 13.4. The van der Waals surface area contributed by atoms with Crippen LogP contribution in [0.1, 0.15) is 25.0 Å². The minimum absolute atomic E-state index is 1.00. The molecule has 1 aliphatic rings. The Kier molecular flexibility index (Phi) is 4.78. The molecule has 0 aliphatic heterocycles. The molecule has 0 heterocycles. The van der Waals surface area contributed by atoms with Gasteiger partial charge in [-0.15, -0.1) is 0 Å². The van der Waals surface area contributed by atoms with Crippen LogP contribution in [-0.2, 0) is 12.8 Å². The molecule has 0 atom stereocenters. The Morgan fingerprint density at radius 3 is 1.56 bits per heavy atom. The first-order chi connectivity index (χ1) is 7.85. The predicted molar refractivity (Wildman–Crippen MR) is 72.6 cm³/mol. The molecule has 1 aromatic carbocycles. The van der Waals surface area contributed by atoms with Gasteiger partial charge in [0.05, 0.1) is 0 Å². The summed E-state index contributed by atoms with van der Waals surface area (Å²) in [4.78, 5) is 0. The molecule has 0 heteroatoms. The fourth-order valence-corrected chi connectivity index (χ4v) is 1.95. The van der Waals surface area contributed by atoms with Crippen molar-refractivity contribution in [3.63, 3.8) is 0 Å². The lowest BCUT2D eigenvalue weighted by molar-refractivity contribution is 1.01. The SMILES string of the molecule is C=CC1=C(C=C)Cc2ccccc2C1.CC. The van der Waals surface area contributed by atoms with Crippen molar-refractivity contribution in [1.29, 1.82) is 0 Å². The second-order valence-corrected chi connectivity index (χ2v) is 3.58. The second-order valence-electron chi connectivity index (χ2n) is 3.58. The van der Waals surface area contributed by atoms with Crippen LogP contribution in [0.25, 0.3) is 0 Å². The fraction of sp³-hybridized carbons (Fsp3) is 0.250. The molecule has 2 rings (SSSR count). The van der Waals surface area contributed by atoms with Gasteiger partial charge in [-0.1, -0.05) is 63.4 Å². The van der Waals surface area contributed by atoms with Crippen LogP contribution in [0.15, 0.2) is 60.7 Å². The summed E-state index contributed by atoms with van der Waals surface area (Å²) in [5, 5.41) is 0. The summed E-state index contributed by atoms with van der Waals surface area (Å²) in [5.41, 5.74) is 5.48. The van der Waals surface area contributed by atoms with E-state index in [4.69, 9.17) is 0 Å². The number of benzene rings is 1. The Morgan fingerprint density at radius 1 is 0.875 bits per heavy atom. The molecule has 0 unspecified atom stereocenters. The van der Waals surface area contributed by atoms with Gasteiger partial charge in [0, 0.05) is 0 Å². The summed E-state index contributed by atoms with van der Waals surface area (Å²) in [5.74, 6) is 0. The van der Waals surface area contributed by atoms with E-state index < -0.39 is 0 Å². The highest BCUT2D eigenvalue weighted by molar-refractivity contribution is 5.46. The minimum atomic E-state index is 1.00. The number of rotatable bonds is 2. The summed E-state index contributed by atoms with van der Waals surface area (Å²) in [6, 6.07) is 8.58. The van der Waals surface area contributed by atoms with Crippen LogP contribution in [0.4, 0.5) is 0 Å². The highest BCUT2D eigenvalue weighted by Gasteiger charge is 2.13. The Labute approximate surface area is 99.0 Å². The van der Waals surface area contributed by atoms with Gasteiger partial charge in [-0.3, -0.25) is 0 Å². The van der Waals surface area contributed by atoms with Crippen LogP contribution in [0.2, 0.25) is 0 Å². The van der Waals surface area contributed by atoms with Gasteiger partial charge in [0.2, 0.25) is 0 Å². The van der Waals surface area contributed by atoms with Crippen molar-refractivity contribution in [3.8, 4) is 0 Å². The molecular weight excluding hydrogens is 192 g/mol. The van der Waals surface area contributed by atoms with E-state index in [-0.39, 0.29) is 0 Å². The van der Waals surface area contributed by atoms with Crippen LogP contribution in [-0.4, -0.2) is 0 Å². The highest BCUT2D eigenvalue weighted by atomic mass is 14.2. The average Bonchev–Trinajstić information content (AvgIpc) is 2.39. The molecule has 0 saturated carbocycles. The van der Waals surface area contributed by atoms with Crippen molar-refractivity contribution in [1.82, 2.24) is 0 Å². The highest BCUT2D eigenvalue weighted by Crippen LogP contribution is 2.26. The van der Waals surface area contributed by atoms with E-state index in [2.05, 4.69) is 37.4 Å². The maximum absolute atomic E-state index is 3.85. The van der Waals surface area contributed by atoms with Crippen molar-refractivity contribution < 1.29 is 0 Å². The average molecular weight is 212 g/mol. The number of hydrogen-bond acceptors (Lipinski definition) is 0. The monoisotopic (exact) mass is 212 g/mol. The molecule has 0 fully saturated rings. The van der Waals surface area contributed by atoms with Gasteiger partial charge in [-0.25, -0.2) is 0 Å². The first-order valence-electron chi connectivity index (χ1n) is 5.89. The molecule has 16 heavy (non-hydrogen) atoms. The smallest absolute Gasteiger partial charge is 0.00203 e. The Morgan fingerprint density at radius 2 is 1.25 bits per heavy atom. The van der Waals surface area contributed by atoms with Gasteiger partial charge in [0.25, 0.3) is 0 Å². The van der Waals surface area contributed by atoms with Crippen molar-refractivity contribution in [2.24, 2.45) is 0 Å². The maximum atomic E-state index is 3.85. The third kappa shape index (κ3) is 2.52. The molecule has 0 radical (unpaired) electrons. The molecule has 0 saturated heterocycles. The molecule has 1 aromatic rings. The third-order valence-corrected chi connectivity index (χ3v) is 2.79. The molecule has 0 bridgehead atoms. The van der Waals surface area contributed by atoms with Crippen LogP contribution < -0.4 is 0 Å². The zero-order valence-electron chi connectivity index (χ0n) is 10.3. The quantitative estimate of drug-likeness (QED) is 0.678. The van der Waals surface area contributed by atoms with Gasteiger partial charge in [0.15, 0.2) is 0 Å². The molecule has 0 nitrogen and oxygen atoms in total. The first-order valence-corrected chi connectivity index (χ1v) is 5.89. The molecule has 1 aliphatic carbocycles. The van der Waals surface area contributed by atoms with Gasteiger partial charge in [-0.05, 0) is 35.1 Å². The van der Waals surface area contributed by atoms with Crippen LogP contribution in [0.3, 0.4) is 0 Å². The van der Waals surface area contributed by atoms with E-state index in [0.717, 1.165) is 12.8 Å². The third-order valence-electron chi connectivity index (χ3n) is 2.79. The Hall–Kier alpha value is -1.56. The number of hydrogen-bond donors (Lipinski definition) is 0. The first kappa shape index (κ1) is 12.5. The summed E-state index contributed by atoms with van der Waals surface area (Å²) >= 11 is 0. The Bertz CT molecular complexity index is 369.